The largest absolute Gasteiger partial charge is 0.497 e. The van der Waals surface area contributed by atoms with Crippen LogP contribution < -0.4 is 15.8 Å². The molecule has 2 aromatic rings. The summed E-state index contributed by atoms with van der Waals surface area (Å²) in [6.45, 7) is 0. The van der Waals surface area contributed by atoms with Crippen LogP contribution in [0.3, 0.4) is 0 Å². The number of nitrogens with zero attached hydrogens (tertiary/aromatic N) is 1. The molecule has 0 aliphatic rings. The van der Waals surface area contributed by atoms with Crippen molar-refractivity contribution in [1.29, 1.82) is 0 Å². The summed E-state index contributed by atoms with van der Waals surface area (Å²) >= 11 is 0. The molecule has 0 aliphatic heterocycles. The fraction of sp³-hybridized carbons (Fsp3) is 0.167. The molecule has 0 unspecified atom stereocenters. The van der Waals surface area contributed by atoms with Crippen molar-refractivity contribution in [2.45, 2.75) is 12.8 Å². The lowest BCUT2D eigenvalue weighted by molar-refractivity contribution is -0.136. The molecule has 0 spiro atoms. The second-order valence-corrected chi connectivity index (χ2v) is 5.23. The van der Waals surface area contributed by atoms with Crippen molar-refractivity contribution < 1.29 is 19.4 Å². The number of hydrogen-bond acceptors (Lipinski definition) is 4. The molecule has 0 atom stereocenters. The number of benzene rings is 2. The van der Waals surface area contributed by atoms with Gasteiger partial charge in [-0.25, -0.2) is 4.99 Å². The van der Waals surface area contributed by atoms with Gasteiger partial charge in [0.2, 0.25) is 0 Å². The SMILES string of the molecule is COc1cccc(C(=O)Nc2cccc(N=C(N)CCC(=O)O)c2)c1. The third-order valence-corrected chi connectivity index (χ3v) is 3.30. The molecule has 0 aromatic heterocycles. The molecule has 130 valence electrons. The minimum Gasteiger partial charge on any atom is -0.497 e. The number of nitrogens with one attached hydrogen (secondary N) is 1. The Morgan fingerprint density at radius 2 is 1.92 bits per heavy atom. The Bertz CT molecular complexity index is 802. The number of ether oxygens (including phenoxy) is 1. The molecule has 0 radical (unpaired) electrons. The third-order valence-electron chi connectivity index (χ3n) is 3.30. The summed E-state index contributed by atoms with van der Waals surface area (Å²) in [5, 5.41) is 11.4. The summed E-state index contributed by atoms with van der Waals surface area (Å²) in [6.07, 6.45) is 0.0807. The van der Waals surface area contributed by atoms with Crippen molar-refractivity contribution in [3.05, 3.63) is 54.1 Å². The van der Waals surface area contributed by atoms with Crippen LogP contribution in [0.2, 0.25) is 0 Å². The van der Waals surface area contributed by atoms with Gasteiger partial charge in [0, 0.05) is 17.7 Å². The first kappa shape index (κ1) is 18.0. The highest BCUT2D eigenvalue weighted by Crippen LogP contribution is 2.20. The normalized spacial score (nSPS) is 11.0. The Hall–Kier alpha value is -3.35. The van der Waals surface area contributed by atoms with E-state index in [2.05, 4.69) is 10.3 Å². The van der Waals surface area contributed by atoms with Crippen LogP contribution in [-0.4, -0.2) is 29.9 Å². The molecular formula is C18H19N3O4. The predicted octanol–water partition coefficient (Wildman–Crippen LogP) is 2.80. The van der Waals surface area contributed by atoms with Gasteiger partial charge in [0.25, 0.3) is 5.91 Å². The van der Waals surface area contributed by atoms with Crippen LogP contribution in [0.4, 0.5) is 11.4 Å². The number of methoxy groups -OCH3 is 1. The molecule has 1 amide bonds. The number of carboxylic acid groups (broad SMARTS) is 1. The second kappa shape index (κ2) is 8.49. The summed E-state index contributed by atoms with van der Waals surface area (Å²) in [6, 6.07) is 13.6. The molecule has 4 N–H and O–H groups in total. The highest BCUT2D eigenvalue weighted by atomic mass is 16.5. The molecule has 2 rings (SSSR count). The maximum absolute atomic E-state index is 12.3. The van der Waals surface area contributed by atoms with Crippen molar-refractivity contribution in [1.82, 2.24) is 0 Å². The summed E-state index contributed by atoms with van der Waals surface area (Å²) in [5.41, 5.74) is 7.27. The maximum atomic E-state index is 12.3. The van der Waals surface area contributed by atoms with E-state index in [0.29, 0.717) is 22.7 Å². The summed E-state index contributed by atoms with van der Waals surface area (Å²) in [5.74, 6) is -0.396. The van der Waals surface area contributed by atoms with Gasteiger partial charge < -0.3 is 20.9 Å². The Balaban J connectivity index is 2.09. The minimum absolute atomic E-state index is 0.0817. The molecule has 2 aromatic carbocycles. The first-order valence-corrected chi connectivity index (χ1v) is 7.58. The van der Waals surface area contributed by atoms with Crippen LogP contribution >= 0.6 is 0 Å². The number of rotatable bonds is 7. The van der Waals surface area contributed by atoms with Crippen molar-refractivity contribution in [2.24, 2.45) is 10.7 Å². The predicted molar refractivity (Wildman–Crippen MR) is 95.5 cm³/mol. The van der Waals surface area contributed by atoms with E-state index in [0.717, 1.165) is 0 Å². The highest BCUT2D eigenvalue weighted by molar-refractivity contribution is 6.04. The molecule has 7 heteroatoms. The van der Waals surface area contributed by atoms with Gasteiger partial charge in [0.1, 0.15) is 11.6 Å². The zero-order valence-electron chi connectivity index (χ0n) is 13.7. The summed E-state index contributed by atoms with van der Waals surface area (Å²) < 4.78 is 5.10. The number of amides is 1. The van der Waals surface area contributed by atoms with Crippen LogP contribution in [-0.2, 0) is 4.79 Å². The van der Waals surface area contributed by atoms with E-state index < -0.39 is 5.97 Å². The van der Waals surface area contributed by atoms with E-state index in [1.165, 1.54) is 7.11 Å². The Labute approximate surface area is 145 Å². The number of carbonyl (C=O) groups excluding carboxylic acids is 1. The molecular weight excluding hydrogens is 322 g/mol. The number of aliphatic carboxylic acids is 1. The average molecular weight is 341 g/mol. The van der Waals surface area contributed by atoms with E-state index in [4.69, 9.17) is 15.6 Å². The highest BCUT2D eigenvalue weighted by Gasteiger charge is 2.08. The molecule has 0 saturated heterocycles. The molecule has 0 heterocycles. The van der Waals surface area contributed by atoms with Crippen LogP contribution in [0.25, 0.3) is 0 Å². The first-order valence-electron chi connectivity index (χ1n) is 7.58. The van der Waals surface area contributed by atoms with E-state index >= 15 is 0 Å². The van der Waals surface area contributed by atoms with Crippen molar-refractivity contribution in [3.63, 3.8) is 0 Å². The van der Waals surface area contributed by atoms with Gasteiger partial charge in [-0.3, -0.25) is 9.59 Å². The van der Waals surface area contributed by atoms with E-state index in [-0.39, 0.29) is 24.6 Å². The number of hydrogen-bond donors (Lipinski definition) is 3. The van der Waals surface area contributed by atoms with Gasteiger partial charge in [-0.2, -0.15) is 0 Å². The zero-order chi connectivity index (χ0) is 18.2. The van der Waals surface area contributed by atoms with Gasteiger partial charge in [0.15, 0.2) is 0 Å². The number of carbonyl (C=O) groups is 2. The van der Waals surface area contributed by atoms with Gasteiger partial charge in [-0.15, -0.1) is 0 Å². The molecule has 0 bridgehead atoms. The first-order chi connectivity index (χ1) is 12.0. The topological polar surface area (TPSA) is 114 Å². The van der Waals surface area contributed by atoms with Crippen LogP contribution in [0.1, 0.15) is 23.2 Å². The maximum Gasteiger partial charge on any atom is 0.303 e. The average Bonchev–Trinajstić information content (AvgIpc) is 2.60. The zero-order valence-corrected chi connectivity index (χ0v) is 13.7. The smallest absolute Gasteiger partial charge is 0.303 e. The summed E-state index contributed by atoms with van der Waals surface area (Å²) in [4.78, 5) is 27.0. The lowest BCUT2D eigenvalue weighted by atomic mass is 10.2. The van der Waals surface area contributed by atoms with Crippen LogP contribution in [0, 0.1) is 0 Å². The van der Waals surface area contributed by atoms with Gasteiger partial charge >= 0.3 is 5.97 Å². The van der Waals surface area contributed by atoms with Crippen molar-refractivity contribution in [2.75, 3.05) is 12.4 Å². The third kappa shape index (κ3) is 5.65. The number of amidine groups is 1. The molecule has 0 saturated carbocycles. The van der Waals surface area contributed by atoms with Crippen molar-refractivity contribution >= 4 is 29.1 Å². The quantitative estimate of drug-likeness (QED) is 0.529. The van der Waals surface area contributed by atoms with E-state index in [1.807, 2.05) is 0 Å². The van der Waals surface area contributed by atoms with E-state index in [1.54, 1.807) is 48.5 Å². The monoisotopic (exact) mass is 341 g/mol. The molecule has 7 nitrogen and oxygen atoms in total. The molecule has 0 fully saturated rings. The van der Waals surface area contributed by atoms with Gasteiger partial charge in [-0.1, -0.05) is 12.1 Å². The fourth-order valence-electron chi connectivity index (χ4n) is 2.08. The molecule has 25 heavy (non-hydrogen) atoms. The minimum atomic E-state index is -0.933. The standard InChI is InChI=1S/C18H19N3O4/c1-25-15-7-2-4-12(10-15)18(24)21-14-6-3-5-13(11-14)20-16(19)8-9-17(22)23/h2-7,10-11H,8-9H2,1H3,(H2,19,20)(H,21,24)(H,22,23). The van der Waals surface area contributed by atoms with Gasteiger partial charge in [-0.05, 0) is 36.4 Å². The van der Waals surface area contributed by atoms with Gasteiger partial charge in [0.05, 0.1) is 19.2 Å². The Morgan fingerprint density at radius 1 is 1.16 bits per heavy atom. The summed E-state index contributed by atoms with van der Waals surface area (Å²) in [7, 11) is 1.53. The van der Waals surface area contributed by atoms with Crippen LogP contribution in [0.5, 0.6) is 5.75 Å². The molecule has 0 aliphatic carbocycles. The Kier molecular flexibility index (Phi) is 6.11. The number of carboxylic acids is 1. The van der Waals surface area contributed by atoms with Crippen LogP contribution in [0.15, 0.2) is 53.5 Å². The number of nitrogens with two attached hydrogens (primary N) is 1. The number of anilines is 1. The lowest BCUT2D eigenvalue weighted by Crippen LogP contribution is -2.13. The number of aliphatic imine (C=N–C) groups is 1. The van der Waals surface area contributed by atoms with Crippen molar-refractivity contribution in [3.8, 4) is 5.75 Å². The lowest BCUT2D eigenvalue weighted by Gasteiger charge is -2.07. The fourth-order valence-corrected chi connectivity index (χ4v) is 2.08. The van der Waals surface area contributed by atoms with E-state index in [9.17, 15) is 9.59 Å². The second-order valence-electron chi connectivity index (χ2n) is 5.23. The Morgan fingerprint density at radius 3 is 2.64 bits per heavy atom.